The van der Waals surface area contributed by atoms with Gasteiger partial charge in [0.1, 0.15) is 16.9 Å². The third-order valence-corrected chi connectivity index (χ3v) is 10.2. The first-order chi connectivity index (χ1) is 20.9. The van der Waals surface area contributed by atoms with Gasteiger partial charge >= 0.3 is 6.09 Å². The van der Waals surface area contributed by atoms with Gasteiger partial charge in [0, 0.05) is 43.6 Å². The minimum atomic E-state index is -3.53. The Morgan fingerprint density at radius 1 is 1.09 bits per heavy atom. The smallest absolute Gasteiger partial charge is 0.410 e. The molecule has 2 amide bonds. The van der Waals surface area contributed by atoms with Gasteiger partial charge in [0.05, 0.1) is 17.4 Å². The summed E-state index contributed by atoms with van der Waals surface area (Å²) in [4.78, 5) is 35.8. The van der Waals surface area contributed by atoms with Crippen molar-refractivity contribution in [3.63, 3.8) is 0 Å². The number of likely N-dealkylation sites (tertiary alicyclic amines) is 1. The monoisotopic (exact) mass is 621 g/mol. The number of ether oxygens (including phenoxy) is 1. The molecule has 4 aromatic rings. The molecule has 2 saturated heterocycles. The van der Waals surface area contributed by atoms with Gasteiger partial charge in [0.15, 0.2) is 0 Å². The average Bonchev–Trinajstić information content (AvgIpc) is 3.60. The lowest BCUT2D eigenvalue weighted by atomic mass is 10.0. The highest BCUT2D eigenvalue weighted by atomic mass is 32.2. The standard InChI is InChI=1S/C30H35N7O6S/c1-19-8-9-20(15-23(19)32-27(38)24-16-31-25-7-5-6-12-37(24)25)26-33-28(43-34-26)21-17-36(18-21)44(40,41)22-10-13-35(14-11-22)29(39)42-30(2,3)4/h5-9,12,15-16,21-22H,10-11,13-14,17-18H2,1-4H3,(H,32,38). The predicted octanol–water partition coefficient (Wildman–Crippen LogP) is 4.07. The van der Waals surface area contributed by atoms with Crippen molar-refractivity contribution in [2.24, 2.45) is 0 Å². The first-order valence-corrected chi connectivity index (χ1v) is 16.0. The minimum absolute atomic E-state index is 0.215. The Kier molecular flexibility index (Phi) is 7.66. The second kappa shape index (κ2) is 11.3. The Morgan fingerprint density at radius 2 is 1.84 bits per heavy atom. The normalized spacial score (nSPS) is 17.0. The number of hydrogen-bond donors (Lipinski definition) is 1. The lowest BCUT2D eigenvalue weighted by Gasteiger charge is -2.40. The summed E-state index contributed by atoms with van der Waals surface area (Å²) in [5.41, 5.74) is 2.59. The van der Waals surface area contributed by atoms with E-state index < -0.39 is 27.0 Å². The highest BCUT2D eigenvalue weighted by molar-refractivity contribution is 7.89. The van der Waals surface area contributed by atoms with Gasteiger partial charge in [-0.2, -0.15) is 9.29 Å². The molecule has 0 saturated carbocycles. The van der Waals surface area contributed by atoms with Gasteiger partial charge in [0.25, 0.3) is 5.91 Å². The topological polar surface area (TPSA) is 152 Å². The molecule has 2 aliphatic rings. The van der Waals surface area contributed by atoms with E-state index in [0.29, 0.717) is 60.2 Å². The molecule has 3 aromatic heterocycles. The molecule has 0 radical (unpaired) electrons. The molecule has 2 aliphatic heterocycles. The van der Waals surface area contributed by atoms with E-state index in [-0.39, 0.29) is 24.9 Å². The maximum Gasteiger partial charge on any atom is 0.410 e. The number of hydrogen-bond acceptors (Lipinski definition) is 9. The number of carbonyl (C=O) groups excluding carboxylic acids is 2. The highest BCUT2D eigenvalue weighted by Gasteiger charge is 2.44. The van der Waals surface area contributed by atoms with E-state index in [2.05, 4.69) is 20.4 Å². The Bertz CT molecular complexity index is 1810. The Labute approximate surface area is 255 Å². The van der Waals surface area contributed by atoms with Crippen molar-refractivity contribution >= 4 is 33.4 Å². The molecule has 0 bridgehead atoms. The fraction of sp³-hybridized carbons (Fsp3) is 0.433. The van der Waals surface area contributed by atoms with Gasteiger partial charge in [0.2, 0.25) is 21.7 Å². The van der Waals surface area contributed by atoms with Crippen LogP contribution in [0.5, 0.6) is 0 Å². The summed E-state index contributed by atoms with van der Waals surface area (Å²) in [6.45, 7) is 8.48. The maximum absolute atomic E-state index is 13.3. The van der Waals surface area contributed by atoms with E-state index in [1.165, 1.54) is 10.5 Å². The lowest BCUT2D eigenvalue weighted by molar-refractivity contribution is 0.0216. The molecular formula is C30H35N7O6S. The van der Waals surface area contributed by atoms with Gasteiger partial charge in [-0.25, -0.2) is 18.2 Å². The number of benzene rings is 1. The number of carbonyl (C=O) groups is 2. The number of nitrogens with one attached hydrogen (secondary N) is 1. The van der Waals surface area contributed by atoms with Crippen LogP contribution in [0, 0.1) is 6.92 Å². The lowest BCUT2D eigenvalue weighted by Crippen LogP contribution is -2.54. The Morgan fingerprint density at radius 3 is 2.57 bits per heavy atom. The molecule has 1 N–H and O–H groups in total. The zero-order valence-electron chi connectivity index (χ0n) is 25.1. The van der Waals surface area contributed by atoms with E-state index in [9.17, 15) is 18.0 Å². The number of fused-ring (bicyclic) bond motifs is 1. The summed E-state index contributed by atoms with van der Waals surface area (Å²) < 4.78 is 40.7. The van der Waals surface area contributed by atoms with Crippen LogP contribution in [0.15, 0.2) is 53.3 Å². The van der Waals surface area contributed by atoms with E-state index >= 15 is 0 Å². The summed E-state index contributed by atoms with van der Waals surface area (Å²) >= 11 is 0. The van der Waals surface area contributed by atoms with E-state index in [0.717, 1.165) is 5.56 Å². The Balaban J connectivity index is 1.07. The fourth-order valence-corrected chi connectivity index (χ4v) is 7.38. The van der Waals surface area contributed by atoms with Gasteiger partial charge in [-0.15, -0.1) is 0 Å². The van der Waals surface area contributed by atoms with E-state index in [1.54, 1.807) is 42.3 Å². The number of rotatable bonds is 6. The van der Waals surface area contributed by atoms with Gasteiger partial charge in [-0.1, -0.05) is 23.4 Å². The van der Waals surface area contributed by atoms with E-state index in [1.807, 2.05) is 37.3 Å². The molecule has 232 valence electrons. The largest absolute Gasteiger partial charge is 0.444 e. The van der Waals surface area contributed by atoms with Crippen molar-refractivity contribution in [2.45, 2.75) is 57.3 Å². The van der Waals surface area contributed by atoms with Crippen molar-refractivity contribution in [3.8, 4) is 11.4 Å². The van der Waals surface area contributed by atoms with Crippen molar-refractivity contribution in [1.29, 1.82) is 0 Å². The molecule has 14 heteroatoms. The number of imidazole rings is 1. The molecule has 0 atom stereocenters. The van der Waals surface area contributed by atoms with Crippen LogP contribution in [0.1, 0.15) is 61.5 Å². The number of amides is 2. The molecular weight excluding hydrogens is 586 g/mol. The Hall–Kier alpha value is -4.30. The molecule has 0 spiro atoms. The van der Waals surface area contributed by atoms with Crippen LogP contribution in [0.2, 0.25) is 0 Å². The van der Waals surface area contributed by atoms with Crippen molar-refractivity contribution in [1.82, 2.24) is 28.7 Å². The molecule has 0 aliphatic carbocycles. The number of nitrogens with zero attached hydrogens (tertiary/aromatic N) is 6. The van der Waals surface area contributed by atoms with Crippen LogP contribution in [-0.4, -0.2) is 86.2 Å². The number of aryl methyl sites for hydroxylation is 1. The maximum atomic E-state index is 13.3. The second-order valence-corrected chi connectivity index (χ2v) is 14.5. The number of sulfonamides is 1. The number of aromatic nitrogens is 4. The summed E-state index contributed by atoms with van der Waals surface area (Å²) in [6.07, 6.45) is 3.61. The van der Waals surface area contributed by atoms with Gasteiger partial charge < -0.3 is 19.5 Å². The summed E-state index contributed by atoms with van der Waals surface area (Å²) in [5.74, 6) is 0.195. The zero-order chi connectivity index (χ0) is 31.2. The van der Waals surface area contributed by atoms with Crippen LogP contribution in [-0.2, 0) is 14.8 Å². The van der Waals surface area contributed by atoms with Crippen LogP contribution >= 0.6 is 0 Å². The summed E-state index contributed by atoms with van der Waals surface area (Å²) in [7, 11) is -3.53. The summed E-state index contributed by atoms with van der Waals surface area (Å²) in [5, 5.41) is 6.52. The predicted molar refractivity (Wildman–Crippen MR) is 162 cm³/mol. The van der Waals surface area contributed by atoms with Crippen molar-refractivity contribution < 1.29 is 27.3 Å². The number of pyridine rings is 1. The van der Waals surface area contributed by atoms with Crippen LogP contribution in [0.25, 0.3) is 17.0 Å². The fourth-order valence-electron chi connectivity index (χ4n) is 5.38. The quantitative estimate of drug-likeness (QED) is 0.336. The molecule has 13 nitrogen and oxygen atoms in total. The third-order valence-electron chi connectivity index (χ3n) is 7.91. The van der Waals surface area contributed by atoms with Gasteiger partial charge in [-0.05, 0) is 64.3 Å². The van der Waals surface area contributed by atoms with Crippen LogP contribution < -0.4 is 5.32 Å². The first kappa shape index (κ1) is 29.8. The number of piperidine rings is 1. The molecule has 2 fully saturated rings. The van der Waals surface area contributed by atoms with Crippen molar-refractivity contribution in [3.05, 3.63) is 65.9 Å². The van der Waals surface area contributed by atoms with Crippen molar-refractivity contribution in [2.75, 3.05) is 31.5 Å². The van der Waals surface area contributed by atoms with E-state index in [4.69, 9.17) is 9.26 Å². The van der Waals surface area contributed by atoms with Crippen LogP contribution in [0.4, 0.5) is 10.5 Å². The molecule has 6 rings (SSSR count). The first-order valence-electron chi connectivity index (χ1n) is 14.5. The second-order valence-electron chi connectivity index (χ2n) is 12.2. The zero-order valence-corrected chi connectivity index (χ0v) is 25.9. The summed E-state index contributed by atoms with van der Waals surface area (Å²) in [6, 6.07) is 11.0. The number of anilines is 1. The minimum Gasteiger partial charge on any atom is -0.444 e. The molecule has 5 heterocycles. The molecule has 1 aromatic carbocycles. The third kappa shape index (κ3) is 5.91. The highest BCUT2D eigenvalue weighted by Crippen LogP contribution is 2.34. The SMILES string of the molecule is Cc1ccc(-c2noc(C3CN(S(=O)(=O)C4CCN(C(=O)OC(C)(C)C)CC4)C3)n2)cc1NC(=O)c1cnc2ccccn12. The average molecular weight is 622 g/mol. The van der Waals surface area contributed by atoms with Crippen LogP contribution in [0.3, 0.4) is 0 Å². The molecule has 44 heavy (non-hydrogen) atoms. The van der Waals surface area contributed by atoms with Gasteiger partial charge in [-0.3, -0.25) is 9.20 Å². The molecule has 0 unspecified atom stereocenters.